The van der Waals surface area contributed by atoms with Crippen LogP contribution in [0.3, 0.4) is 0 Å². The van der Waals surface area contributed by atoms with Crippen LogP contribution in [-0.4, -0.2) is 18.5 Å². The van der Waals surface area contributed by atoms with Crippen LogP contribution in [0.15, 0.2) is 10.4 Å². The van der Waals surface area contributed by atoms with Crippen molar-refractivity contribution in [2.24, 2.45) is 0 Å². The number of hydrogen-bond donors (Lipinski definition) is 1. The van der Waals surface area contributed by atoms with E-state index < -0.39 is 14.7 Å². The highest BCUT2D eigenvalue weighted by Crippen LogP contribution is 2.26. The van der Waals surface area contributed by atoms with Gasteiger partial charge in [-0.2, -0.15) is 0 Å². The highest BCUT2D eigenvalue weighted by molar-refractivity contribution is 8.13. The fraction of sp³-hybridized carbons (Fsp3) is 0.500. The minimum atomic E-state index is -3.78. The van der Waals surface area contributed by atoms with Crippen molar-refractivity contribution in [3.8, 4) is 0 Å². The molecule has 0 saturated heterocycles. The Labute approximate surface area is 84.6 Å². The molecule has 7 heteroatoms. The van der Waals surface area contributed by atoms with Crippen molar-refractivity contribution in [1.29, 1.82) is 0 Å². The molecule has 0 aromatic carbocycles. The van der Waals surface area contributed by atoms with Gasteiger partial charge in [0.1, 0.15) is 10.6 Å². The second kappa shape index (κ2) is 3.20. The lowest BCUT2D eigenvalue weighted by Gasteiger charge is -2.11. The molecule has 0 amide bonds. The van der Waals surface area contributed by atoms with Crippen molar-refractivity contribution in [3.63, 3.8) is 0 Å². The van der Waals surface area contributed by atoms with E-state index in [1.54, 1.807) is 0 Å². The van der Waals surface area contributed by atoms with Gasteiger partial charge in [-0.05, 0) is 13.8 Å². The van der Waals surface area contributed by atoms with Gasteiger partial charge < -0.3 is 5.11 Å². The van der Waals surface area contributed by atoms with Gasteiger partial charge in [-0.1, -0.05) is 0 Å². The van der Waals surface area contributed by atoms with Gasteiger partial charge in [0.05, 0.1) is 0 Å². The van der Waals surface area contributed by atoms with Gasteiger partial charge >= 0.3 is 0 Å². The smallest absolute Gasteiger partial charge is 0.279 e. The minimum Gasteiger partial charge on any atom is -0.383 e. The van der Waals surface area contributed by atoms with Crippen LogP contribution in [-0.2, 0) is 14.7 Å². The van der Waals surface area contributed by atoms with Crippen LogP contribution in [0.2, 0.25) is 0 Å². The third kappa shape index (κ3) is 2.63. The van der Waals surface area contributed by atoms with Gasteiger partial charge in [0.2, 0.25) is 0 Å². The molecule has 1 rings (SSSR count). The molecule has 0 aliphatic rings. The molecule has 1 aromatic heterocycles. The minimum absolute atomic E-state index is 0.212. The molecule has 1 aromatic rings. The van der Waals surface area contributed by atoms with Crippen molar-refractivity contribution >= 4 is 31.1 Å². The Hall–Kier alpha value is -0.170. The topological polar surface area (TPSA) is 67.3 Å². The van der Waals surface area contributed by atoms with E-state index in [0.717, 1.165) is 11.3 Å². The van der Waals surface area contributed by atoms with Crippen LogP contribution in [0.4, 0.5) is 0 Å². The quantitative estimate of drug-likeness (QED) is 0.793. The first-order chi connectivity index (χ1) is 5.71. The number of nitrogens with zero attached hydrogens (tertiary/aromatic N) is 1. The zero-order valence-electron chi connectivity index (χ0n) is 6.98. The summed E-state index contributed by atoms with van der Waals surface area (Å²) in [5.74, 6) is 0. The summed E-state index contributed by atoms with van der Waals surface area (Å²) >= 11 is 1.06. The van der Waals surface area contributed by atoms with E-state index in [4.69, 9.17) is 10.7 Å². The second-order valence-electron chi connectivity index (χ2n) is 2.99. The third-order valence-corrected chi connectivity index (χ3v) is 3.74. The maximum absolute atomic E-state index is 10.8. The first-order valence-electron chi connectivity index (χ1n) is 3.34. The molecule has 0 spiro atoms. The monoisotopic (exact) mass is 241 g/mol. The van der Waals surface area contributed by atoms with E-state index >= 15 is 0 Å². The van der Waals surface area contributed by atoms with Gasteiger partial charge in [0, 0.05) is 16.1 Å². The fourth-order valence-electron chi connectivity index (χ4n) is 0.652. The number of hydrogen-bond acceptors (Lipinski definition) is 5. The van der Waals surface area contributed by atoms with Crippen LogP contribution >= 0.6 is 22.0 Å². The SMILES string of the molecule is CC(C)(O)c1nc(S(=O)(=O)Cl)cs1. The molecule has 0 aliphatic carbocycles. The number of thiazole rings is 1. The molecule has 0 bridgehead atoms. The molecule has 0 atom stereocenters. The van der Waals surface area contributed by atoms with Gasteiger partial charge in [-0.15, -0.1) is 11.3 Å². The summed E-state index contributed by atoms with van der Waals surface area (Å²) in [6.45, 7) is 3.05. The number of halogens is 1. The molecular weight excluding hydrogens is 234 g/mol. The molecule has 0 radical (unpaired) electrons. The average molecular weight is 242 g/mol. The van der Waals surface area contributed by atoms with Gasteiger partial charge in [0.25, 0.3) is 9.05 Å². The summed E-state index contributed by atoms with van der Waals surface area (Å²) in [6.07, 6.45) is 0. The summed E-state index contributed by atoms with van der Waals surface area (Å²) < 4.78 is 21.6. The van der Waals surface area contributed by atoms with E-state index in [2.05, 4.69) is 4.98 Å². The Balaban J connectivity index is 3.16. The third-order valence-electron chi connectivity index (χ3n) is 1.26. The van der Waals surface area contributed by atoms with Crippen LogP contribution in [0.25, 0.3) is 0 Å². The molecule has 1 N–H and O–H groups in total. The van der Waals surface area contributed by atoms with Gasteiger partial charge in [-0.25, -0.2) is 13.4 Å². The van der Waals surface area contributed by atoms with E-state index in [1.807, 2.05) is 0 Å². The van der Waals surface area contributed by atoms with Crippen molar-refractivity contribution in [2.75, 3.05) is 0 Å². The lowest BCUT2D eigenvalue weighted by molar-refractivity contribution is 0.0778. The Morgan fingerprint density at radius 3 is 2.38 bits per heavy atom. The predicted octanol–water partition coefficient (Wildman–Crippen LogP) is 1.30. The number of aliphatic hydroxyl groups is 1. The zero-order valence-corrected chi connectivity index (χ0v) is 9.37. The van der Waals surface area contributed by atoms with Crippen LogP contribution in [0.1, 0.15) is 18.9 Å². The van der Waals surface area contributed by atoms with E-state index in [9.17, 15) is 13.5 Å². The maximum Gasteiger partial charge on any atom is 0.279 e. The van der Waals surface area contributed by atoms with Crippen molar-refractivity contribution in [1.82, 2.24) is 4.98 Å². The van der Waals surface area contributed by atoms with Crippen molar-refractivity contribution in [3.05, 3.63) is 10.4 Å². The molecule has 0 fully saturated rings. The lowest BCUT2D eigenvalue weighted by atomic mass is 10.2. The normalized spacial score (nSPS) is 13.2. The number of rotatable bonds is 2. The summed E-state index contributed by atoms with van der Waals surface area (Å²) in [6, 6.07) is 0. The molecule has 13 heavy (non-hydrogen) atoms. The van der Waals surface area contributed by atoms with Crippen molar-refractivity contribution < 1.29 is 13.5 Å². The second-order valence-corrected chi connectivity index (χ2v) is 6.36. The summed E-state index contributed by atoms with van der Waals surface area (Å²) in [5.41, 5.74) is -1.13. The Bertz CT molecular complexity index is 404. The molecule has 0 unspecified atom stereocenters. The summed E-state index contributed by atoms with van der Waals surface area (Å²) in [5, 5.41) is 10.9. The molecule has 74 valence electrons. The van der Waals surface area contributed by atoms with Crippen LogP contribution in [0, 0.1) is 0 Å². The predicted molar refractivity (Wildman–Crippen MR) is 50.4 cm³/mol. The highest BCUT2D eigenvalue weighted by Gasteiger charge is 2.23. The Morgan fingerprint density at radius 1 is 1.62 bits per heavy atom. The van der Waals surface area contributed by atoms with E-state index in [0.29, 0.717) is 5.01 Å². The zero-order chi connectivity index (χ0) is 10.3. The first kappa shape index (κ1) is 10.9. The average Bonchev–Trinajstić information content (AvgIpc) is 2.28. The molecule has 1 heterocycles. The highest BCUT2D eigenvalue weighted by atomic mass is 35.7. The van der Waals surface area contributed by atoms with E-state index in [-0.39, 0.29) is 5.03 Å². The van der Waals surface area contributed by atoms with Crippen molar-refractivity contribution in [2.45, 2.75) is 24.5 Å². The summed E-state index contributed by atoms with van der Waals surface area (Å²) in [4.78, 5) is 3.70. The maximum atomic E-state index is 10.8. The summed E-state index contributed by atoms with van der Waals surface area (Å²) in [7, 11) is 1.27. The largest absolute Gasteiger partial charge is 0.383 e. The molecular formula is C6H8ClNO3S2. The Kier molecular flexibility index (Phi) is 2.68. The first-order valence-corrected chi connectivity index (χ1v) is 6.53. The van der Waals surface area contributed by atoms with Crippen LogP contribution in [0.5, 0.6) is 0 Å². The van der Waals surface area contributed by atoms with Gasteiger partial charge in [-0.3, -0.25) is 0 Å². The molecule has 0 aliphatic heterocycles. The number of aromatic nitrogens is 1. The molecule has 0 saturated carbocycles. The van der Waals surface area contributed by atoms with Crippen LogP contribution < -0.4 is 0 Å². The molecule has 4 nitrogen and oxygen atoms in total. The lowest BCUT2D eigenvalue weighted by Crippen LogP contribution is -2.15. The van der Waals surface area contributed by atoms with Gasteiger partial charge in [0.15, 0.2) is 5.03 Å². The van der Waals surface area contributed by atoms with E-state index in [1.165, 1.54) is 19.2 Å². The standard InChI is InChI=1S/C6H8ClNO3S2/c1-6(2,9)5-8-4(3-12-5)13(7,10)11/h3,9H,1-2H3. The Morgan fingerprint density at radius 2 is 2.15 bits per heavy atom. The fourth-order valence-corrected chi connectivity index (χ4v) is 2.65.